The van der Waals surface area contributed by atoms with Gasteiger partial charge in [-0.15, -0.1) is 0 Å². The Morgan fingerprint density at radius 1 is 1.13 bits per heavy atom. The van der Waals surface area contributed by atoms with E-state index in [0.29, 0.717) is 36.4 Å². The highest BCUT2D eigenvalue weighted by Crippen LogP contribution is 2.38. The monoisotopic (exact) mass is 527 g/mol. The number of hydrogen-bond donors (Lipinski definition) is 1. The molecule has 0 saturated carbocycles. The van der Waals surface area contributed by atoms with Crippen molar-refractivity contribution in [1.29, 1.82) is 0 Å². The van der Waals surface area contributed by atoms with E-state index >= 15 is 0 Å². The Balaban J connectivity index is 1.35. The third-order valence-corrected chi connectivity index (χ3v) is 6.85. The van der Waals surface area contributed by atoms with Gasteiger partial charge in [-0.3, -0.25) is 9.59 Å². The van der Waals surface area contributed by atoms with Crippen LogP contribution < -0.4 is 10.1 Å². The van der Waals surface area contributed by atoms with Crippen LogP contribution in [0.5, 0.6) is 5.75 Å². The van der Waals surface area contributed by atoms with Gasteiger partial charge in [0.15, 0.2) is 18.1 Å². The maximum Gasteiger partial charge on any atom is 0.290 e. The van der Waals surface area contributed by atoms with Crippen LogP contribution in [-0.4, -0.2) is 34.8 Å². The molecule has 2 aromatic heterocycles. The van der Waals surface area contributed by atoms with Crippen LogP contribution in [0.4, 0.5) is 0 Å². The lowest BCUT2D eigenvalue weighted by Gasteiger charge is -2.37. The van der Waals surface area contributed by atoms with Crippen LogP contribution in [0.1, 0.15) is 75.5 Å². The largest absolute Gasteiger partial charge is 0.484 e. The quantitative estimate of drug-likeness (QED) is 0.299. The highest BCUT2D eigenvalue weighted by atomic mass is 16.5. The van der Waals surface area contributed by atoms with Gasteiger partial charge in [-0.25, -0.2) is 4.98 Å². The molecule has 0 bridgehead atoms. The fourth-order valence-corrected chi connectivity index (χ4v) is 4.83. The number of nitrogens with one attached hydrogen (secondary N) is 1. The highest BCUT2D eigenvalue weighted by Gasteiger charge is 2.34. The molecular weight excluding hydrogens is 494 g/mol. The van der Waals surface area contributed by atoms with Crippen molar-refractivity contribution in [3.8, 4) is 5.75 Å². The van der Waals surface area contributed by atoms with Crippen LogP contribution in [0.25, 0.3) is 0 Å². The summed E-state index contributed by atoms with van der Waals surface area (Å²) < 4.78 is 17.0. The van der Waals surface area contributed by atoms with E-state index in [1.165, 1.54) is 12.5 Å². The molecule has 0 radical (unpaired) electrons. The van der Waals surface area contributed by atoms with E-state index in [1.807, 2.05) is 48.2 Å². The first-order valence-corrected chi connectivity index (χ1v) is 13.3. The van der Waals surface area contributed by atoms with Crippen LogP contribution in [-0.2, 0) is 13.0 Å². The number of rotatable bonds is 9. The first kappa shape index (κ1) is 26.3. The zero-order chi connectivity index (χ0) is 27.4. The van der Waals surface area contributed by atoms with E-state index in [0.717, 1.165) is 35.1 Å². The van der Waals surface area contributed by atoms with Crippen molar-refractivity contribution < 1.29 is 23.2 Å². The van der Waals surface area contributed by atoms with Gasteiger partial charge >= 0.3 is 0 Å². The molecule has 2 amide bonds. The predicted octanol–water partition coefficient (Wildman–Crippen LogP) is 5.72. The molecule has 2 aromatic carbocycles. The van der Waals surface area contributed by atoms with Crippen LogP contribution in [0.2, 0.25) is 0 Å². The van der Waals surface area contributed by atoms with Gasteiger partial charge in [-0.05, 0) is 66.6 Å². The number of fused-ring (bicyclic) bond motifs is 1. The fraction of sp³-hybridized carbons (Fsp3) is 0.323. The van der Waals surface area contributed by atoms with Crippen molar-refractivity contribution in [2.45, 2.75) is 46.3 Å². The van der Waals surface area contributed by atoms with E-state index in [2.05, 4.69) is 30.2 Å². The molecule has 0 spiro atoms. The molecule has 3 heterocycles. The van der Waals surface area contributed by atoms with Crippen LogP contribution >= 0.6 is 0 Å². The molecule has 202 valence electrons. The summed E-state index contributed by atoms with van der Waals surface area (Å²) in [6, 6.07) is 17.3. The molecule has 1 unspecified atom stereocenters. The summed E-state index contributed by atoms with van der Waals surface area (Å²) in [5.74, 6) is 1.34. The van der Waals surface area contributed by atoms with Gasteiger partial charge in [0.1, 0.15) is 12.0 Å². The van der Waals surface area contributed by atoms with Crippen molar-refractivity contribution in [2.75, 3.05) is 13.1 Å². The summed E-state index contributed by atoms with van der Waals surface area (Å²) in [5.41, 5.74) is 4.53. The summed E-state index contributed by atoms with van der Waals surface area (Å²) in [7, 11) is 0. The molecular formula is C31H33N3O5. The lowest BCUT2D eigenvalue weighted by atomic mass is 9.87. The number of carbonyl (C=O) groups excluding carboxylic acids is 2. The van der Waals surface area contributed by atoms with Gasteiger partial charge in [0, 0.05) is 13.1 Å². The highest BCUT2D eigenvalue weighted by molar-refractivity contribution is 5.92. The van der Waals surface area contributed by atoms with Gasteiger partial charge < -0.3 is 23.8 Å². The van der Waals surface area contributed by atoms with Gasteiger partial charge in [0.2, 0.25) is 5.89 Å². The molecule has 4 aromatic rings. The summed E-state index contributed by atoms with van der Waals surface area (Å²) in [6.07, 6.45) is 4.48. The fourth-order valence-electron chi connectivity index (χ4n) is 4.83. The second-order valence-corrected chi connectivity index (χ2v) is 10.3. The number of oxazole rings is 1. The van der Waals surface area contributed by atoms with Crippen LogP contribution in [0.3, 0.4) is 0 Å². The second-order valence-electron chi connectivity index (χ2n) is 10.3. The molecule has 0 aliphatic carbocycles. The topological polar surface area (TPSA) is 97.8 Å². The number of benzene rings is 2. The van der Waals surface area contributed by atoms with E-state index < -0.39 is 0 Å². The van der Waals surface area contributed by atoms with E-state index in [1.54, 1.807) is 12.1 Å². The number of ether oxygens (including phenoxy) is 1. The lowest BCUT2D eigenvalue weighted by Crippen LogP contribution is -2.40. The van der Waals surface area contributed by atoms with Crippen molar-refractivity contribution in [2.24, 2.45) is 5.92 Å². The zero-order valence-electron chi connectivity index (χ0n) is 22.5. The zero-order valence-corrected chi connectivity index (χ0v) is 22.5. The normalized spacial score (nSPS) is 14.8. The first-order valence-electron chi connectivity index (χ1n) is 13.3. The number of carbonyl (C=O) groups is 2. The Morgan fingerprint density at radius 3 is 2.77 bits per heavy atom. The summed E-state index contributed by atoms with van der Waals surface area (Å²) in [6.45, 7) is 7.49. The molecule has 8 nitrogen and oxygen atoms in total. The Kier molecular flexibility index (Phi) is 7.81. The van der Waals surface area contributed by atoms with Crippen molar-refractivity contribution in [1.82, 2.24) is 15.2 Å². The molecule has 0 fully saturated rings. The van der Waals surface area contributed by atoms with Gasteiger partial charge in [0.25, 0.3) is 11.8 Å². The van der Waals surface area contributed by atoms with Crippen LogP contribution in [0.15, 0.2) is 76.0 Å². The summed E-state index contributed by atoms with van der Waals surface area (Å²) in [5, 5.41) is 2.86. The van der Waals surface area contributed by atoms with E-state index in [-0.39, 0.29) is 30.2 Å². The first-order chi connectivity index (χ1) is 18.9. The third kappa shape index (κ3) is 6.06. The maximum atomic E-state index is 13.4. The Hall–Kier alpha value is -4.33. The second kappa shape index (κ2) is 11.6. The number of furan rings is 1. The smallest absolute Gasteiger partial charge is 0.290 e. The van der Waals surface area contributed by atoms with E-state index in [4.69, 9.17) is 13.6 Å². The summed E-state index contributed by atoms with van der Waals surface area (Å²) >= 11 is 0. The standard InChI is InChI=1S/C31H33N3O5/c1-20(2)11-13-32-30(35)26-18-39-28(33-26)19-38-24-10-9-22-12-14-34(31(36)27-8-5-15-37-27)29(25(22)17-24)23-7-4-6-21(3)16-23/h4-10,15-18,20,29H,11-14,19H2,1-3H3,(H,32,35). The number of amides is 2. The SMILES string of the molecule is Cc1cccc(C2c3cc(OCc4nc(C(=O)NCCC(C)C)co4)ccc3CCN2C(=O)c2ccco2)c1. The Morgan fingerprint density at radius 2 is 2.00 bits per heavy atom. The minimum absolute atomic E-state index is 0.0716. The maximum absolute atomic E-state index is 13.4. The molecule has 0 saturated heterocycles. The average Bonchev–Trinajstić information content (AvgIpc) is 3.63. The Labute approximate surface area is 228 Å². The van der Waals surface area contributed by atoms with Gasteiger partial charge in [-0.2, -0.15) is 0 Å². The Bertz CT molecular complexity index is 1440. The van der Waals surface area contributed by atoms with Crippen molar-refractivity contribution >= 4 is 11.8 Å². The van der Waals surface area contributed by atoms with E-state index in [9.17, 15) is 9.59 Å². The minimum atomic E-state index is -0.294. The molecule has 8 heteroatoms. The molecule has 5 rings (SSSR count). The molecule has 1 aliphatic heterocycles. The van der Waals surface area contributed by atoms with Gasteiger partial charge in [0.05, 0.1) is 12.3 Å². The number of hydrogen-bond acceptors (Lipinski definition) is 6. The lowest BCUT2D eigenvalue weighted by molar-refractivity contribution is 0.0661. The average molecular weight is 528 g/mol. The predicted molar refractivity (Wildman–Crippen MR) is 146 cm³/mol. The number of aryl methyl sites for hydroxylation is 1. The van der Waals surface area contributed by atoms with Crippen LogP contribution in [0, 0.1) is 12.8 Å². The third-order valence-electron chi connectivity index (χ3n) is 6.85. The minimum Gasteiger partial charge on any atom is -0.484 e. The van der Waals surface area contributed by atoms with Crippen molar-refractivity contribution in [3.05, 3.63) is 107 Å². The van der Waals surface area contributed by atoms with Crippen molar-refractivity contribution in [3.63, 3.8) is 0 Å². The molecule has 1 aliphatic rings. The molecule has 1 atom stereocenters. The number of aromatic nitrogens is 1. The summed E-state index contributed by atoms with van der Waals surface area (Å²) in [4.78, 5) is 31.9. The molecule has 1 N–H and O–H groups in total. The number of nitrogens with zero attached hydrogens (tertiary/aromatic N) is 2. The molecule has 39 heavy (non-hydrogen) atoms. The van der Waals surface area contributed by atoms with Gasteiger partial charge in [-0.1, -0.05) is 49.7 Å².